The number of carbonyl (C=O) groups excluding carboxylic acids is 1. The SMILES string of the molecule is O=C(Nc1ccccc1)c1cc(N2CCc3ccccc32)ccn1. The van der Waals surface area contributed by atoms with E-state index in [1.165, 1.54) is 11.3 Å². The van der Waals surface area contributed by atoms with Gasteiger partial charge in [0.15, 0.2) is 0 Å². The van der Waals surface area contributed by atoms with Crippen molar-refractivity contribution in [2.45, 2.75) is 6.42 Å². The zero-order valence-electron chi connectivity index (χ0n) is 13.1. The Kier molecular flexibility index (Phi) is 3.71. The number of benzene rings is 2. The van der Waals surface area contributed by atoms with Crippen LogP contribution in [0.25, 0.3) is 0 Å². The molecule has 4 rings (SSSR count). The quantitative estimate of drug-likeness (QED) is 0.794. The number of carbonyl (C=O) groups is 1. The molecule has 24 heavy (non-hydrogen) atoms. The third-order valence-electron chi connectivity index (χ3n) is 4.21. The lowest BCUT2D eigenvalue weighted by Crippen LogP contribution is -2.17. The van der Waals surface area contributed by atoms with Gasteiger partial charge in [0.05, 0.1) is 0 Å². The Morgan fingerprint density at radius 3 is 2.67 bits per heavy atom. The molecule has 1 N–H and O–H groups in total. The number of aromatic nitrogens is 1. The Hall–Kier alpha value is -3.14. The van der Waals surface area contributed by atoms with E-state index in [1.54, 1.807) is 6.20 Å². The molecule has 0 spiro atoms. The van der Waals surface area contributed by atoms with Gasteiger partial charge in [-0.2, -0.15) is 0 Å². The number of nitrogens with one attached hydrogen (secondary N) is 1. The van der Waals surface area contributed by atoms with E-state index in [0.717, 1.165) is 24.3 Å². The van der Waals surface area contributed by atoms with E-state index in [9.17, 15) is 4.79 Å². The molecule has 0 saturated heterocycles. The van der Waals surface area contributed by atoms with Crippen molar-refractivity contribution in [3.8, 4) is 0 Å². The summed E-state index contributed by atoms with van der Waals surface area (Å²) in [6.07, 6.45) is 2.71. The van der Waals surface area contributed by atoms with Gasteiger partial charge in [0.2, 0.25) is 0 Å². The highest BCUT2D eigenvalue weighted by Crippen LogP contribution is 2.34. The summed E-state index contributed by atoms with van der Waals surface area (Å²) >= 11 is 0. The fraction of sp³-hybridized carbons (Fsp3) is 0.100. The van der Waals surface area contributed by atoms with E-state index in [1.807, 2.05) is 48.5 Å². The van der Waals surface area contributed by atoms with Crippen molar-refractivity contribution in [3.05, 3.63) is 84.2 Å². The normalized spacial score (nSPS) is 12.8. The van der Waals surface area contributed by atoms with Crippen LogP contribution in [0, 0.1) is 0 Å². The van der Waals surface area contributed by atoms with Gasteiger partial charge in [-0.3, -0.25) is 9.78 Å². The minimum atomic E-state index is -0.199. The number of rotatable bonds is 3. The molecule has 118 valence electrons. The fourth-order valence-corrected chi connectivity index (χ4v) is 3.03. The number of hydrogen-bond donors (Lipinski definition) is 1. The Bertz CT molecular complexity index is 877. The first-order chi connectivity index (χ1) is 11.8. The Balaban J connectivity index is 1.59. The highest BCUT2D eigenvalue weighted by atomic mass is 16.1. The first-order valence-corrected chi connectivity index (χ1v) is 7.99. The van der Waals surface area contributed by atoms with Crippen LogP contribution in [0.4, 0.5) is 17.1 Å². The summed E-state index contributed by atoms with van der Waals surface area (Å²) in [6, 6.07) is 21.6. The van der Waals surface area contributed by atoms with Crippen molar-refractivity contribution >= 4 is 23.0 Å². The van der Waals surface area contributed by atoms with Crippen molar-refractivity contribution in [1.29, 1.82) is 0 Å². The number of amides is 1. The van der Waals surface area contributed by atoms with E-state index in [2.05, 4.69) is 33.4 Å². The van der Waals surface area contributed by atoms with Gasteiger partial charge in [-0.1, -0.05) is 36.4 Å². The molecule has 0 fully saturated rings. The Morgan fingerprint density at radius 2 is 1.79 bits per heavy atom. The molecule has 0 aliphatic carbocycles. The number of anilines is 3. The molecule has 0 atom stereocenters. The third kappa shape index (κ3) is 2.74. The molecule has 1 aliphatic heterocycles. The van der Waals surface area contributed by atoms with E-state index < -0.39 is 0 Å². The second kappa shape index (κ2) is 6.16. The monoisotopic (exact) mass is 315 g/mol. The molecule has 2 heterocycles. The van der Waals surface area contributed by atoms with E-state index >= 15 is 0 Å². The van der Waals surface area contributed by atoms with Gasteiger partial charge in [-0.05, 0) is 42.3 Å². The maximum atomic E-state index is 12.4. The van der Waals surface area contributed by atoms with Gasteiger partial charge in [-0.15, -0.1) is 0 Å². The molecule has 1 aliphatic rings. The van der Waals surface area contributed by atoms with Gasteiger partial charge in [0, 0.05) is 29.8 Å². The van der Waals surface area contributed by atoms with Crippen LogP contribution in [-0.2, 0) is 6.42 Å². The van der Waals surface area contributed by atoms with Crippen LogP contribution in [0.2, 0.25) is 0 Å². The summed E-state index contributed by atoms with van der Waals surface area (Å²) in [5, 5.41) is 2.88. The summed E-state index contributed by atoms with van der Waals surface area (Å²) in [6.45, 7) is 0.920. The minimum Gasteiger partial charge on any atom is -0.341 e. The van der Waals surface area contributed by atoms with Crippen molar-refractivity contribution in [2.75, 3.05) is 16.8 Å². The minimum absolute atomic E-state index is 0.199. The van der Waals surface area contributed by atoms with Crippen molar-refractivity contribution in [2.24, 2.45) is 0 Å². The summed E-state index contributed by atoms with van der Waals surface area (Å²) in [5.74, 6) is -0.199. The van der Waals surface area contributed by atoms with Crippen LogP contribution in [-0.4, -0.2) is 17.4 Å². The van der Waals surface area contributed by atoms with E-state index in [0.29, 0.717) is 5.69 Å². The molecule has 0 radical (unpaired) electrons. The summed E-state index contributed by atoms with van der Waals surface area (Å²) in [7, 11) is 0. The molecule has 0 bridgehead atoms. The maximum Gasteiger partial charge on any atom is 0.274 e. The second-order valence-corrected chi connectivity index (χ2v) is 5.75. The molecular weight excluding hydrogens is 298 g/mol. The highest BCUT2D eigenvalue weighted by molar-refractivity contribution is 6.03. The molecule has 1 aromatic heterocycles. The van der Waals surface area contributed by atoms with Crippen molar-refractivity contribution in [1.82, 2.24) is 4.98 Å². The average molecular weight is 315 g/mol. The number of fused-ring (bicyclic) bond motifs is 1. The maximum absolute atomic E-state index is 12.4. The molecule has 4 heteroatoms. The molecule has 3 aromatic rings. The van der Waals surface area contributed by atoms with Gasteiger partial charge in [-0.25, -0.2) is 0 Å². The van der Waals surface area contributed by atoms with Gasteiger partial charge >= 0.3 is 0 Å². The topological polar surface area (TPSA) is 45.2 Å². The molecule has 0 saturated carbocycles. The zero-order valence-corrected chi connectivity index (χ0v) is 13.1. The van der Waals surface area contributed by atoms with Crippen LogP contribution in [0.5, 0.6) is 0 Å². The second-order valence-electron chi connectivity index (χ2n) is 5.75. The van der Waals surface area contributed by atoms with Crippen molar-refractivity contribution < 1.29 is 4.79 Å². The lowest BCUT2D eigenvalue weighted by molar-refractivity contribution is 0.102. The standard InChI is InChI=1S/C20H17N3O/c24-20(22-16-7-2-1-3-8-16)18-14-17(10-12-21-18)23-13-11-15-6-4-5-9-19(15)23/h1-10,12,14H,11,13H2,(H,22,24). The molecule has 2 aromatic carbocycles. The van der Waals surface area contributed by atoms with Crippen LogP contribution < -0.4 is 10.2 Å². The Morgan fingerprint density at radius 1 is 1.00 bits per heavy atom. The number of pyridine rings is 1. The van der Waals surface area contributed by atoms with E-state index in [-0.39, 0.29) is 5.91 Å². The first kappa shape index (κ1) is 14.5. The van der Waals surface area contributed by atoms with Crippen LogP contribution in [0.1, 0.15) is 16.1 Å². The average Bonchev–Trinajstić information content (AvgIpc) is 3.07. The molecule has 4 nitrogen and oxygen atoms in total. The largest absolute Gasteiger partial charge is 0.341 e. The summed E-state index contributed by atoms with van der Waals surface area (Å²) in [5.41, 5.74) is 4.72. The lowest BCUT2D eigenvalue weighted by Gasteiger charge is -2.19. The number of para-hydroxylation sites is 2. The predicted octanol–water partition coefficient (Wildman–Crippen LogP) is 4.03. The van der Waals surface area contributed by atoms with E-state index in [4.69, 9.17) is 0 Å². The van der Waals surface area contributed by atoms with Gasteiger partial charge < -0.3 is 10.2 Å². The highest BCUT2D eigenvalue weighted by Gasteiger charge is 2.20. The van der Waals surface area contributed by atoms with Crippen LogP contribution >= 0.6 is 0 Å². The van der Waals surface area contributed by atoms with Crippen LogP contribution in [0.15, 0.2) is 72.9 Å². The molecule has 1 amide bonds. The zero-order chi connectivity index (χ0) is 16.4. The Labute approximate surface area is 140 Å². The van der Waals surface area contributed by atoms with Crippen LogP contribution in [0.3, 0.4) is 0 Å². The van der Waals surface area contributed by atoms with Crippen molar-refractivity contribution in [3.63, 3.8) is 0 Å². The van der Waals surface area contributed by atoms with Gasteiger partial charge in [0.1, 0.15) is 5.69 Å². The number of hydrogen-bond acceptors (Lipinski definition) is 3. The first-order valence-electron chi connectivity index (χ1n) is 7.99. The molecular formula is C20H17N3O. The third-order valence-corrected chi connectivity index (χ3v) is 4.21. The smallest absolute Gasteiger partial charge is 0.274 e. The predicted molar refractivity (Wildman–Crippen MR) is 95.8 cm³/mol. The molecule has 0 unspecified atom stereocenters. The fourth-order valence-electron chi connectivity index (χ4n) is 3.03. The summed E-state index contributed by atoms with van der Waals surface area (Å²) < 4.78 is 0. The number of nitrogens with zero attached hydrogens (tertiary/aromatic N) is 2. The summed E-state index contributed by atoms with van der Waals surface area (Å²) in [4.78, 5) is 18.9. The lowest BCUT2D eigenvalue weighted by atomic mass is 10.2. The van der Waals surface area contributed by atoms with Gasteiger partial charge in [0.25, 0.3) is 5.91 Å².